The van der Waals surface area contributed by atoms with Gasteiger partial charge in [-0.15, -0.1) is 0 Å². The number of nitrogens with zero attached hydrogens (tertiary/aromatic N) is 1. The fourth-order valence-corrected chi connectivity index (χ4v) is 1.72. The molecule has 6 nitrogen and oxygen atoms in total. The van der Waals surface area contributed by atoms with Crippen molar-refractivity contribution >= 4 is 12.0 Å². The Balaban J connectivity index is 2.52. The number of carboxylic acids is 1. The number of aliphatic carboxylic acids is 1. The largest absolute Gasteiger partial charge is 0.497 e. The molecule has 0 bridgehead atoms. The fraction of sp³-hybridized carbons (Fsp3) is 0.429. The van der Waals surface area contributed by atoms with E-state index in [9.17, 15) is 9.59 Å². The molecule has 0 saturated carbocycles. The first-order chi connectivity index (χ1) is 9.56. The number of amides is 2. The van der Waals surface area contributed by atoms with Crippen molar-refractivity contribution < 1.29 is 19.4 Å². The third kappa shape index (κ3) is 5.17. The number of carbonyl (C=O) groups excluding carboxylic acids is 1. The van der Waals surface area contributed by atoms with Gasteiger partial charge in [-0.05, 0) is 24.1 Å². The molecule has 0 aliphatic rings. The third-order valence-electron chi connectivity index (χ3n) is 2.71. The number of carboxylic acid groups (broad SMARTS) is 1. The molecule has 110 valence electrons. The average molecular weight is 280 g/mol. The van der Waals surface area contributed by atoms with Gasteiger partial charge in [0.2, 0.25) is 0 Å². The standard InChI is InChI=1S/C14H20N2O4/c1-3-8-16(10-13(17)18)14(19)15-9-11-4-6-12(20-2)7-5-11/h4-7H,3,8-10H2,1-2H3,(H,15,19)(H,17,18). The minimum Gasteiger partial charge on any atom is -0.497 e. The van der Waals surface area contributed by atoms with Crippen LogP contribution in [0.25, 0.3) is 0 Å². The molecule has 2 amide bonds. The summed E-state index contributed by atoms with van der Waals surface area (Å²) in [6.45, 7) is 2.37. The second-order valence-corrected chi connectivity index (χ2v) is 4.32. The van der Waals surface area contributed by atoms with Gasteiger partial charge in [0, 0.05) is 13.1 Å². The molecule has 0 aliphatic carbocycles. The van der Waals surface area contributed by atoms with Gasteiger partial charge in [0.15, 0.2) is 0 Å². The zero-order valence-electron chi connectivity index (χ0n) is 11.8. The van der Waals surface area contributed by atoms with Gasteiger partial charge in [-0.1, -0.05) is 19.1 Å². The quantitative estimate of drug-likeness (QED) is 0.796. The van der Waals surface area contributed by atoms with E-state index >= 15 is 0 Å². The van der Waals surface area contributed by atoms with Crippen molar-refractivity contribution in [1.29, 1.82) is 0 Å². The van der Waals surface area contributed by atoms with Crippen LogP contribution in [0.2, 0.25) is 0 Å². The van der Waals surface area contributed by atoms with E-state index in [1.54, 1.807) is 7.11 Å². The Bertz CT molecular complexity index is 445. The van der Waals surface area contributed by atoms with Gasteiger partial charge >= 0.3 is 12.0 Å². The van der Waals surface area contributed by atoms with Crippen molar-refractivity contribution in [3.8, 4) is 5.75 Å². The zero-order valence-corrected chi connectivity index (χ0v) is 11.8. The summed E-state index contributed by atoms with van der Waals surface area (Å²) in [6.07, 6.45) is 0.712. The number of hydrogen-bond acceptors (Lipinski definition) is 3. The van der Waals surface area contributed by atoms with E-state index in [0.29, 0.717) is 19.5 Å². The van der Waals surface area contributed by atoms with Gasteiger partial charge in [-0.25, -0.2) is 4.79 Å². The van der Waals surface area contributed by atoms with Crippen molar-refractivity contribution in [2.75, 3.05) is 20.2 Å². The summed E-state index contributed by atoms with van der Waals surface area (Å²) in [5, 5.41) is 11.5. The van der Waals surface area contributed by atoms with Crippen LogP contribution >= 0.6 is 0 Å². The number of methoxy groups -OCH3 is 1. The maximum absolute atomic E-state index is 11.9. The first-order valence-corrected chi connectivity index (χ1v) is 6.44. The second kappa shape index (κ2) is 8.04. The van der Waals surface area contributed by atoms with Crippen LogP contribution in [0.3, 0.4) is 0 Å². The highest BCUT2D eigenvalue weighted by Crippen LogP contribution is 2.11. The van der Waals surface area contributed by atoms with Crippen LogP contribution in [-0.2, 0) is 11.3 Å². The molecule has 0 unspecified atom stereocenters. The first-order valence-electron chi connectivity index (χ1n) is 6.44. The molecule has 0 fully saturated rings. The molecule has 1 rings (SSSR count). The van der Waals surface area contributed by atoms with E-state index in [2.05, 4.69) is 5.32 Å². The number of ether oxygens (including phenoxy) is 1. The third-order valence-corrected chi connectivity index (χ3v) is 2.71. The van der Waals surface area contributed by atoms with Gasteiger partial charge in [-0.3, -0.25) is 4.79 Å². The van der Waals surface area contributed by atoms with E-state index in [-0.39, 0.29) is 12.6 Å². The Morgan fingerprint density at radius 2 is 1.95 bits per heavy atom. The lowest BCUT2D eigenvalue weighted by molar-refractivity contribution is -0.137. The smallest absolute Gasteiger partial charge is 0.323 e. The van der Waals surface area contributed by atoms with Crippen LogP contribution in [0.15, 0.2) is 24.3 Å². The number of benzene rings is 1. The Morgan fingerprint density at radius 3 is 2.45 bits per heavy atom. The molecular weight excluding hydrogens is 260 g/mol. The van der Waals surface area contributed by atoms with Crippen molar-refractivity contribution in [2.24, 2.45) is 0 Å². The van der Waals surface area contributed by atoms with Crippen LogP contribution in [0.1, 0.15) is 18.9 Å². The molecule has 20 heavy (non-hydrogen) atoms. The zero-order chi connectivity index (χ0) is 15.0. The fourth-order valence-electron chi connectivity index (χ4n) is 1.72. The summed E-state index contributed by atoms with van der Waals surface area (Å²) in [4.78, 5) is 23.9. The number of carbonyl (C=O) groups is 2. The highest BCUT2D eigenvalue weighted by atomic mass is 16.5. The minimum absolute atomic E-state index is 0.289. The highest BCUT2D eigenvalue weighted by molar-refractivity contribution is 5.80. The Kier molecular flexibility index (Phi) is 6.36. The summed E-state index contributed by atoms with van der Waals surface area (Å²) in [7, 11) is 1.59. The SMILES string of the molecule is CCCN(CC(=O)O)C(=O)NCc1ccc(OC)cc1. The molecule has 2 N–H and O–H groups in total. The lowest BCUT2D eigenvalue weighted by Crippen LogP contribution is -2.42. The van der Waals surface area contributed by atoms with E-state index in [4.69, 9.17) is 9.84 Å². The molecule has 0 radical (unpaired) electrons. The van der Waals surface area contributed by atoms with E-state index in [1.165, 1.54) is 4.90 Å². The van der Waals surface area contributed by atoms with Crippen LogP contribution in [0.4, 0.5) is 4.79 Å². The maximum atomic E-state index is 11.9. The maximum Gasteiger partial charge on any atom is 0.323 e. The summed E-state index contributed by atoms with van der Waals surface area (Å²) >= 11 is 0. The van der Waals surface area contributed by atoms with Crippen LogP contribution < -0.4 is 10.1 Å². The summed E-state index contributed by atoms with van der Waals surface area (Å²) in [5.74, 6) is -0.267. The molecule has 0 saturated heterocycles. The summed E-state index contributed by atoms with van der Waals surface area (Å²) in [5.41, 5.74) is 0.922. The normalized spacial score (nSPS) is 9.90. The van der Waals surface area contributed by atoms with Gasteiger partial charge < -0.3 is 20.1 Å². The number of hydrogen-bond donors (Lipinski definition) is 2. The topological polar surface area (TPSA) is 78.9 Å². The molecule has 1 aromatic carbocycles. The average Bonchev–Trinajstić information content (AvgIpc) is 2.44. The Labute approximate surface area is 118 Å². The number of urea groups is 1. The Morgan fingerprint density at radius 1 is 1.30 bits per heavy atom. The predicted molar refractivity (Wildman–Crippen MR) is 74.7 cm³/mol. The minimum atomic E-state index is -1.02. The highest BCUT2D eigenvalue weighted by Gasteiger charge is 2.15. The van der Waals surface area contributed by atoms with Crippen LogP contribution in [-0.4, -0.2) is 42.2 Å². The predicted octanol–water partition coefficient (Wildman–Crippen LogP) is 1.70. The molecule has 1 aromatic rings. The van der Waals surface area contributed by atoms with Crippen molar-refractivity contribution in [1.82, 2.24) is 10.2 Å². The lowest BCUT2D eigenvalue weighted by atomic mass is 10.2. The second-order valence-electron chi connectivity index (χ2n) is 4.32. The van der Waals surface area contributed by atoms with Crippen molar-refractivity contribution in [2.45, 2.75) is 19.9 Å². The van der Waals surface area contributed by atoms with Gasteiger partial charge in [0.1, 0.15) is 12.3 Å². The van der Waals surface area contributed by atoms with E-state index < -0.39 is 5.97 Å². The summed E-state index contributed by atoms with van der Waals surface area (Å²) < 4.78 is 5.05. The lowest BCUT2D eigenvalue weighted by Gasteiger charge is -2.20. The molecule has 0 aliphatic heterocycles. The summed E-state index contributed by atoms with van der Waals surface area (Å²) in [6, 6.07) is 6.94. The van der Waals surface area contributed by atoms with Crippen molar-refractivity contribution in [3.63, 3.8) is 0 Å². The van der Waals surface area contributed by atoms with Gasteiger partial charge in [-0.2, -0.15) is 0 Å². The van der Waals surface area contributed by atoms with Crippen LogP contribution in [0, 0.1) is 0 Å². The van der Waals surface area contributed by atoms with E-state index in [1.807, 2.05) is 31.2 Å². The number of nitrogens with one attached hydrogen (secondary N) is 1. The van der Waals surface area contributed by atoms with Crippen molar-refractivity contribution in [3.05, 3.63) is 29.8 Å². The monoisotopic (exact) mass is 280 g/mol. The molecule has 6 heteroatoms. The molecule has 0 spiro atoms. The van der Waals surface area contributed by atoms with Crippen LogP contribution in [0.5, 0.6) is 5.75 Å². The molecule has 0 aromatic heterocycles. The molecular formula is C14H20N2O4. The molecule has 0 atom stereocenters. The Hall–Kier alpha value is -2.24. The van der Waals surface area contributed by atoms with Gasteiger partial charge in [0.25, 0.3) is 0 Å². The van der Waals surface area contributed by atoms with Gasteiger partial charge in [0.05, 0.1) is 7.11 Å². The number of rotatable bonds is 7. The van der Waals surface area contributed by atoms with E-state index in [0.717, 1.165) is 11.3 Å². The first kappa shape index (κ1) is 15.8. The molecule has 0 heterocycles.